The highest BCUT2D eigenvalue weighted by molar-refractivity contribution is 7.99. The fraction of sp³-hybridized carbons (Fsp3) is 0.409. The first-order valence-electron chi connectivity index (χ1n) is 9.77. The van der Waals surface area contributed by atoms with Crippen molar-refractivity contribution in [2.45, 2.75) is 32.9 Å². The summed E-state index contributed by atoms with van der Waals surface area (Å²) in [4.78, 5) is 15.1. The molecule has 0 bridgehead atoms. The van der Waals surface area contributed by atoms with Crippen LogP contribution in [-0.2, 0) is 11.3 Å². The highest BCUT2D eigenvalue weighted by Gasteiger charge is 2.33. The topological polar surface area (TPSA) is 51.9 Å². The number of thioether (sulfide) groups is 1. The monoisotopic (exact) mass is 397 g/mol. The van der Waals surface area contributed by atoms with Gasteiger partial charge in [-0.3, -0.25) is 4.90 Å². The van der Waals surface area contributed by atoms with Crippen molar-refractivity contribution in [3.63, 3.8) is 0 Å². The van der Waals surface area contributed by atoms with Gasteiger partial charge in [0.25, 0.3) is 0 Å². The Hall–Kier alpha value is -2.18. The lowest BCUT2D eigenvalue weighted by Gasteiger charge is -2.34. The number of esters is 1. The van der Waals surface area contributed by atoms with Gasteiger partial charge in [-0.1, -0.05) is 24.3 Å². The number of furan rings is 1. The summed E-state index contributed by atoms with van der Waals surface area (Å²) in [5, 5.41) is 2.86. The maximum absolute atomic E-state index is 12.8. The fourth-order valence-electron chi connectivity index (χ4n) is 4.38. The predicted molar refractivity (Wildman–Crippen MR) is 111 cm³/mol. The number of aryl methyl sites for hydroxylation is 1. The zero-order chi connectivity index (χ0) is 19.3. The Morgan fingerprint density at radius 1 is 1.32 bits per heavy atom. The van der Waals surface area contributed by atoms with Gasteiger partial charge >= 0.3 is 5.97 Å². The molecule has 2 aliphatic rings. The van der Waals surface area contributed by atoms with Gasteiger partial charge in [0.2, 0.25) is 0 Å². The molecular weight excluding hydrogens is 374 g/mol. The van der Waals surface area contributed by atoms with Crippen LogP contribution >= 0.6 is 11.8 Å². The molecule has 0 saturated carbocycles. The molecule has 0 spiro atoms. The van der Waals surface area contributed by atoms with Crippen LogP contribution in [0.1, 0.15) is 35.0 Å². The standard InChI is InChI=1S/C22H23NO4S/c1-3-25-22(24)18-13(2)27-21-16-7-5-4-6-15(16)20-17(19(18)21)10-23(12-26-20)14-8-9-28-11-14/h4-7,14H,3,8-12H2,1-2H3. The molecule has 1 saturated heterocycles. The van der Waals surface area contributed by atoms with Gasteiger partial charge in [0.1, 0.15) is 29.4 Å². The Bertz CT molecular complexity index is 1070. The smallest absolute Gasteiger partial charge is 0.342 e. The average Bonchev–Trinajstić information content (AvgIpc) is 3.36. The zero-order valence-electron chi connectivity index (χ0n) is 16.1. The largest absolute Gasteiger partial charge is 0.477 e. The Morgan fingerprint density at radius 2 is 2.14 bits per heavy atom. The first-order chi connectivity index (χ1) is 13.7. The van der Waals surface area contributed by atoms with E-state index in [-0.39, 0.29) is 5.97 Å². The lowest BCUT2D eigenvalue weighted by atomic mass is 9.96. The molecule has 2 aromatic carbocycles. The van der Waals surface area contributed by atoms with Gasteiger partial charge in [-0.25, -0.2) is 4.79 Å². The van der Waals surface area contributed by atoms with Crippen LogP contribution in [-0.4, -0.2) is 41.8 Å². The Kier molecular flexibility index (Phi) is 4.48. The molecular formula is C22H23NO4S. The van der Waals surface area contributed by atoms with Crippen LogP contribution in [0.4, 0.5) is 0 Å². The van der Waals surface area contributed by atoms with Crippen LogP contribution in [0, 0.1) is 6.92 Å². The molecule has 5 rings (SSSR count). The molecule has 6 heteroatoms. The van der Waals surface area contributed by atoms with Gasteiger partial charge in [0.05, 0.1) is 6.61 Å². The maximum Gasteiger partial charge on any atom is 0.342 e. The van der Waals surface area contributed by atoms with Crippen LogP contribution in [0.25, 0.3) is 21.7 Å². The first-order valence-corrected chi connectivity index (χ1v) is 10.9. The number of hydrogen-bond acceptors (Lipinski definition) is 6. The van der Waals surface area contributed by atoms with E-state index in [0.717, 1.165) is 45.4 Å². The van der Waals surface area contributed by atoms with Gasteiger partial charge in [-0.2, -0.15) is 11.8 Å². The van der Waals surface area contributed by atoms with Crippen LogP contribution < -0.4 is 4.74 Å². The van der Waals surface area contributed by atoms with Crippen LogP contribution in [0.5, 0.6) is 5.75 Å². The number of carbonyl (C=O) groups is 1. The van der Waals surface area contributed by atoms with E-state index in [2.05, 4.69) is 11.0 Å². The molecule has 1 fully saturated rings. The van der Waals surface area contributed by atoms with Crippen molar-refractivity contribution in [1.29, 1.82) is 0 Å². The summed E-state index contributed by atoms with van der Waals surface area (Å²) in [5.74, 6) is 3.46. The molecule has 0 aliphatic carbocycles. The third-order valence-electron chi connectivity index (χ3n) is 5.71. The summed E-state index contributed by atoms with van der Waals surface area (Å²) in [5.41, 5.74) is 2.32. The molecule has 0 N–H and O–H groups in total. The Morgan fingerprint density at radius 3 is 2.89 bits per heavy atom. The molecule has 28 heavy (non-hydrogen) atoms. The minimum atomic E-state index is -0.329. The van der Waals surface area contributed by atoms with Crippen molar-refractivity contribution in [3.8, 4) is 5.75 Å². The normalized spacial score (nSPS) is 19.7. The number of fused-ring (bicyclic) bond motifs is 6. The molecule has 2 aliphatic heterocycles. The molecule has 0 radical (unpaired) electrons. The summed E-state index contributed by atoms with van der Waals surface area (Å²) in [6.45, 7) is 5.33. The summed E-state index contributed by atoms with van der Waals surface area (Å²) in [7, 11) is 0. The number of hydrogen-bond donors (Lipinski definition) is 0. The predicted octanol–water partition coefficient (Wildman–Crippen LogP) is 4.73. The molecule has 0 amide bonds. The van der Waals surface area contributed by atoms with Crippen molar-refractivity contribution >= 4 is 39.5 Å². The second-order valence-electron chi connectivity index (χ2n) is 7.35. The van der Waals surface area contributed by atoms with Crippen molar-refractivity contribution < 1.29 is 18.7 Å². The number of nitrogens with zero attached hydrogens (tertiary/aromatic N) is 1. The average molecular weight is 397 g/mol. The van der Waals surface area contributed by atoms with E-state index >= 15 is 0 Å². The molecule has 5 nitrogen and oxygen atoms in total. The van der Waals surface area contributed by atoms with Crippen molar-refractivity contribution in [2.24, 2.45) is 0 Å². The molecule has 3 heterocycles. The fourth-order valence-corrected chi connectivity index (χ4v) is 5.64. The van der Waals surface area contributed by atoms with E-state index in [4.69, 9.17) is 13.9 Å². The molecule has 146 valence electrons. The molecule has 1 aromatic heterocycles. The second kappa shape index (κ2) is 7.01. The van der Waals surface area contributed by atoms with Crippen molar-refractivity contribution in [3.05, 3.63) is 41.2 Å². The third-order valence-corrected chi connectivity index (χ3v) is 6.86. The highest BCUT2D eigenvalue weighted by Crippen LogP contribution is 2.44. The lowest BCUT2D eigenvalue weighted by molar-refractivity contribution is 0.0525. The number of ether oxygens (including phenoxy) is 2. The van der Waals surface area contributed by atoms with E-state index in [0.29, 0.717) is 30.7 Å². The Labute approximate surface area is 167 Å². The van der Waals surface area contributed by atoms with Crippen LogP contribution in [0.15, 0.2) is 28.7 Å². The van der Waals surface area contributed by atoms with E-state index in [9.17, 15) is 4.79 Å². The van der Waals surface area contributed by atoms with Crippen molar-refractivity contribution in [2.75, 3.05) is 24.8 Å². The van der Waals surface area contributed by atoms with E-state index in [1.807, 2.05) is 43.8 Å². The van der Waals surface area contributed by atoms with Gasteiger partial charge in [0.15, 0.2) is 0 Å². The quantitative estimate of drug-likeness (QED) is 0.596. The highest BCUT2D eigenvalue weighted by atomic mass is 32.2. The number of carbonyl (C=O) groups excluding carboxylic acids is 1. The minimum Gasteiger partial charge on any atom is -0.477 e. The molecule has 1 unspecified atom stereocenters. The third kappa shape index (κ3) is 2.70. The maximum atomic E-state index is 12.8. The summed E-state index contributed by atoms with van der Waals surface area (Å²) < 4.78 is 17.8. The summed E-state index contributed by atoms with van der Waals surface area (Å²) >= 11 is 1.99. The zero-order valence-corrected chi connectivity index (χ0v) is 16.9. The summed E-state index contributed by atoms with van der Waals surface area (Å²) in [6.07, 6.45) is 1.18. The van der Waals surface area contributed by atoms with E-state index in [1.54, 1.807) is 0 Å². The first kappa shape index (κ1) is 17.9. The lowest BCUT2D eigenvalue weighted by Crippen LogP contribution is -2.40. The van der Waals surface area contributed by atoms with Crippen LogP contribution in [0.2, 0.25) is 0 Å². The van der Waals surface area contributed by atoms with E-state index in [1.165, 1.54) is 12.2 Å². The van der Waals surface area contributed by atoms with Gasteiger partial charge in [0, 0.05) is 40.1 Å². The number of rotatable bonds is 3. The van der Waals surface area contributed by atoms with Gasteiger partial charge in [-0.15, -0.1) is 0 Å². The molecule has 3 aromatic rings. The summed E-state index contributed by atoms with van der Waals surface area (Å²) in [6, 6.07) is 8.61. The molecule has 1 atom stereocenters. The Balaban J connectivity index is 1.76. The van der Waals surface area contributed by atoms with Gasteiger partial charge in [-0.05, 0) is 26.0 Å². The minimum absolute atomic E-state index is 0.329. The van der Waals surface area contributed by atoms with Crippen LogP contribution in [0.3, 0.4) is 0 Å². The second-order valence-corrected chi connectivity index (χ2v) is 8.50. The SMILES string of the molecule is CCOC(=O)c1c(C)oc2c1c1c(c3ccccc32)OCN(C2CCSC2)C1. The van der Waals surface area contributed by atoms with E-state index < -0.39 is 0 Å². The van der Waals surface area contributed by atoms with Crippen molar-refractivity contribution in [1.82, 2.24) is 4.90 Å². The number of benzene rings is 2. The van der Waals surface area contributed by atoms with Gasteiger partial charge < -0.3 is 13.9 Å².